The topological polar surface area (TPSA) is 125 Å². The Bertz CT molecular complexity index is 1760. The number of ether oxygens (including phenoxy) is 1. The van der Waals surface area contributed by atoms with Gasteiger partial charge in [-0.05, 0) is 56.9 Å². The molecule has 3 aromatic heterocycles. The lowest BCUT2D eigenvalue weighted by molar-refractivity contribution is -0.153. The van der Waals surface area contributed by atoms with E-state index in [-0.39, 0.29) is 31.4 Å². The van der Waals surface area contributed by atoms with Crippen LogP contribution in [0.15, 0.2) is 46.3 Å². The Morgan fingerprint density at radius 3 is 2.66 bits per heavy atom. The molecular weight excluding hydrogens is 547 g/mol. The van der Waals surface area contributed by atoms with Crippen LogP contribution in [-0.4, -0.2) is 36.7 Å². The maximum Gasteiger partial charge on any atom is 0.333 e. The number of esters is 1. The van der Waals surface area contributed by atoms with Gasteiger partial charge in [0.1, 0.15) is 21.2 Å². The third-order valence-electron chi connectivity index (χ3n) is 6.79. The first-order valence-corrected chi connectivity index (χ1v) is 14.1. The van der Waals surface area contributed by atoms with E-state index in [2.05, 4.69) is 10.2 Å². The first-order chi connectivity index (χ1) is 19.6. The molecule has 0 saturated carbocycles. The van der Waals surface area contributed by atoms with E-state index in [9.17, 15) is 18.8 Å². The number of carbonyl (C=O) groups is 1. The highest BCUT2D eigenvalue weighted by molar-refractivity contribution is 7.21. The van der Waals surface area contributed by atoms with Crippen LogP contribution in [0.4, 0.5) is 4.39 Å². The Hall–Kier alpha value is -4.37. The van der Waals surface area contributed by atoms with Gasteiger partial charge in [-0.1, -0.05) is 42.9 Å². The highest BCUT2D eigenvalue weighted by Crippen LogP contribution is 2.31. The molecule has 0 aliphatic carbocycles. The molecule has 0 N–H and O–H groups in total. The molecule has 4 aromatic rings. The van der Waals surface area contributed by atoms with Gasteiger partial charge in [-0.15, -0.1) is 4.80 Å². The van der Waals surface area contributed by atoms with E-state index >= 15 is 0 Å². The van der Waals surface area contributed by atoms with Crippen LogP contribution in [0.2, 0.25) is 0 Å². The van der Waals surface area contributed by atoms with Gasteiger partial charge in [-0.25, -0.2) is 18.5 Å². The van der Waals surface area contributed by atoms with Gasteiger partial charge in [0.25, 0.3) is 5.56 Å². The molecule has 12 heteroatoms. The fourth-order valence-electron chi connectivity index (χ4n) is 4.54. The van der Waals surface area contributed by atoms with Crippen molar-refractivity contribution >= 4 is 33.6 Å². The summed E-state index contributed by atoms with van der Waals surface area (Å²) in [5.41, 5.74) is -0.994. The average molecular weight is 579 g/mol. The van der Waals surface area contributed by atoms with Crippen LogP contribution in [-0.2, 0) is 28.0 Å². The molecule has 3 heterocycles. The van der Waals surface area contributed by atoms with Gasteiger partial charge in [0.2, 0.25) is 0 Å². The molecule has 10 nitrogen and oxygen atoms in total. The second-order valence-corrected chi connectivity index (χ2v) is 11.0. The number of rotatable bonds is 11. The molecule has 0 bridgehead atoms. The molecular formula is C29H31FN6O4S. The SMILES string of the molecule is CCCCOC(=O)C(C)(C)n1c(=O)c2c(C)c(-n3nccn3)sc2n(CCc2cc(F)ccc2/C=C/CC#N)c1=O. The van der Waals surface area contributed by atoms with Gasteiger partial charge in [0.15, 0.2) is 0 Å². The van der Waals surface area contributed by atoms with Gasteiger partial charge in [-0.3, -0.25) is 9.36 Å². The Balaban J connectivity index is 1.89. The molecule has 214 valence electrons. The van der Waals surface area contributed by atoms with E-state index < -0.39 is 28.6 Å². The highest BCUT2D eigenvalue weighted by Gasteiger charge is 2.37. The summed E-state index contributed by atoms with van der Waals surface area (Å²) in [6.45, 7) is 6.95. The van der Waals surface area contributed by atoms with Crippen molar-refractivity contribution < 1.29 is 13.9 Å². The molecule has 0 atom stereocenters. The fourth-order valence-corrected chi connectivity index (χ4v) is 5.77. The third-order valence-corrected chi connectivity index (χ3v) is 8.07. The number of aromatic nitrogens is 5. The minimum Gasteiger partial charge on any atom is -0.464 e. The van der Waals surface area contributed by atoms with Crippen LogP contribution >= 0.6 is 11.3 Å². The number of benzene rings is 1. The maximum absolute atomic E-state index is 14.2. The minimum absolute atomic E-state index is 0.0883. The number of hydrogen-bond donors (Lipinski definition) is 0. The molecule has 0 radical (unpaired) electrons. The summed E-state index contributed by atoms with van der Waals surface area (Å²) in [7, 11) is 0. The van der Waals surface area contributed by atoms with E-state index in [1.165, 1.54) is 59.1 Å². The van der Waals surface area contributed by atoms with Crippen molar-refractivity contribution in [3.63, 3.8) is 0 Å². The summed E-state index contributed by atoms with van der Waals surface area (Å²) in [6.07, 6.45) is 8.35. The average Bonchev–Trinajstić information content (AvgIpc) is 3.58. The Morgan fingerprint density at radius 1 is 1.24 bits per heavy atom. The maximum atomic E-state index is 14.2. The van der Waals surface area contributed by atoms with Crippen molar-refractivity contribution in [2.45, 2.75) is 65.5 Å². The first kappa shape index (κ1) is 29.6. The second kappa shape index (κ2) is 12.4. The van der Waals surface area contributed by atoms with E-state index in [4.69, 9.17) is 10.00 Å². The first-order valence-electron chi connectivity index (χ1n) is 13.3. The number of aryl methyl sites for hydroxylation is 3. The molecule has 0 amide bonds. The number of halogens is 1. The second-order valence-electron chi connectivity index (χ2n) is 10.0. The molecule has 0 aliphatic rings. The minimum atomic E-state index is -1.60. The van der Waals surface area contributed by atoms with Crippen molar-refractivity contribution in [3.05, 3.63) is 80.0 Å². The van der Waals surface area contributed by atoms with Gasteiger partial charge in [0.05, 0.1) is 36.9 Å². The molecule has 0 saturated heterocycles. The predicted molar refractivity (Wildman–Crippen MR) is 155 cm³/mol. The van der Waals surface area contributed by atoms with Crippen molar-refractivity contribution in [1.82, 2.24) is 24.1 Å². The molecule has 0 fully saturated rings. The van der Waals surface area contributed by atoms with Crippen LogP contribution in [0.25, 0.3) is 21.3 Å². The monoisotopic (exact) mass is 578 g/mol. The summed E-state index contributed by atoms with van der Waals surface area (Å²) in [6, 6.07) is 6.37. The zero-order chi connectivity index (χ0) is 29.7. The number of carbonyl (C=O) groups excluding carboxylic acids is 1. The summed E-state index contributed by atoms with van der Waals surface area (Å²) >= 11 is 1.19. The number of hydrogen-bond acceptors (Lipinski definition) is 8. The summed E-state index contributed by atoms with van der Waals surface area (Å²) in [5.74, 6) is -1.12. The summed E-state index contributed by atoms with van der Waals surface area (Å²) in [4.78, 5) is 42.9. The van der Waals surface area contributed by atoms with E-state index in [1.54, 1.807) is 25.1 Å². The Morgan fingerprint density at radius 2 is 1.98 bits per heavy atom. The number of allylic oxidation sites excluding steroid dienone is 1. The number of nitriles is 1. The Labute approximate surface area is 239 Å². The van der Waals surface area contributed by atoms with E-state index in [1.807, 2.05) is 13.0 Å². The molecule has 41 heavy (non-hydrogen) atoms. The standard InChI is InChI=1S/C29H31FN6O4S/c1-5-6-17-40-27(38)29(3,4)35-24(37)23-19(2)25(36-32-14-15-33-36)41-26(23)34(28(35)39)16-12-21-18-22(30)11-10-20(21)9-7-8-13-31/h7,9-11,14-15,18H,5-6,8,12,16-17H2,1-4H3/b9-7+. The zero-order valence-electron chi connectivity index (χ0n) is 23.4. The number of unbranched alkanes of at least 4 members (excludes halogenated alkanes) is 1. The quantitative estimate of drug-likeness (QED) is 0.190. The third kappa shape index (κ3) is 5.90. The van der Waals surface area contributed by atoms with Crippen LogP contribution in [0.3, 0.4) is 0 Å². The van der Waals surface area contributed by atoms with Gasteiger partial charge < -0.3 is 4.74 Å². The lowest BCUT2D eigenvalue weighted by Gasteiger charge is -2.26. The van der Waals surface area contributed by atoms with Crippen molar-refractivity contribution in [1.29, 1.82) is 5.26 Å². The number of thiophene rings is 1. The van der Waals surface area contributed by atoms with Crippen LogP contribution in [0.5, 0.6) is 0 Å². The van der Waals surface area contributed by atoms with Crippen molar-refractivity contribution in [2.24, 2.45) is 0 Å². The molecule has 1 aromatic carbocycles. The highest BCUT2D eigenvalue weighted by atomic mass is 32.1. The smallest absolute Gasteiger partial charge is 0.333 e. The van der Waals surface area contributed by atoms with E-state index in [0.29, 0.717) is 32.9 Å². The van der Waals surface area contributed by atoms with Crippen LogP contribution in [0.1, 0.15) is 56.7 Å². The van der Waals surface area contributed by atoms with Gasteiger partial charge >= 0.3 is 11.7 Å². The van der Waals surface area contributed by atoms with Crippen molar-refractivity contribution in [3.8, 4) is 11.1 Å². The van der Waals surface area contributed by atoms with Gasteiger partial charge in [-0.2, -0.15) is 15.5 Å². The fraction of sp³-hybridized carbons (Fsp3) is 0.379. The Kier molecular flexibility index (Phi) is 8.98. The van der Waals surface area contributed by atoms with Crippen molar-refractivity contribution in [2.75, 3.05) is 6.61 Å². The van der Waals surface area contributed by atoms with Crippen LogP contribution < -0.4 is 11.2 Å². The lowest BCUT2D eigenvalue weighted by atomic mass is 10.0. The summed E-state index contributed by atoms with van der Waals surface area (Å²) < 4.78 is 22.1. The molecule has 4 rings (SSSR count). The lowest BCUT2D eigenvalue weighted by Crippen LogP contribution is -2.53. The largest absolute Gasteiger partial charge is 0.464 e. The predicted octanol–water partition coefficient (Wildman–Crippen LogP) is 4.50. The molecule has 0 unspecified atom stereocenters. The summed E-state index contributed by atoms with van der Waals surface area (Å²) in [5, 5.41) is 18.1. The van der Waals surface area contributed by atoms with E-state index in [0.717, 1.165) is 11.0 Å². The zero-order valence-corrected chi connectivity index (χ0v) is 24.2. The van der Waals surface area contributed by atoms with Crippen LogP contribution in [0, 0.1) is 24.1 Å². The normalized spacial score (nSPS) is 11.8. The molecule has 0 aliphatic heterocycles. The number of fused-ring (bicyclic) bond motifs is 1. The molecule has 0 spiro atoms. The number of nitrogens with zero attached hydrogens (tertiary/aromatic N) is 6. The van der Waals surface area contributed by atoms with Gasteiger partial charge in [0, 0.05) is 12.1 Å².